The first-order valence-electron chi connectivity index (χ1n) is 12.4. The molecule has 2 nitrogen and oxygen atoms in total. The van der Waals surface area contributed by atoms with Gasteiger partial charge in [-0.05, 0) is 60.8 Å². The zero-order valence-corrected chi connectivity index (χ0v) is 19.9. The van der Waals surface area contributed by atoms with E-state index < -0.39 is 0 Å². The summed E-state index contributed by atoms with van der Waals surface area (Å²) in [6.45, 7) is 16.1. The van der Waals surface area contributed by atoms with Gasteiger partial charge in [0, 0.05) is 24.5 Å². The molecule has 0 atom stereocenters. The lowest BCUT2D eigenvalue weighted by atomic mass is 9.88. The molecule has 0 saturated heterocycles. The van der Waals surface area contributed by atoms with Crippen LogP contribution in [0.5, 0.6) is 0 Å². The van der Waals surface area contributed by atoms with E-state index in [0.717, 1.165) is 38.8 Å². The normalized spacial score (nSPS) is 11.1. The number of unbranched alkanes of at least 4 members (excludes halogenated alkanes) is 6. The molecule has 1 rings (SSSR count). The van der Waals surface area contributed by atoms with E-state index in [-0.39, 0.29) is 0 Å². The Hall–Kier alpha value is -1.18. The van der Waals surface area contributed by atoms with Crippen molar-refractivity contribution in [3.8, 4) is 0 Å². The smallest absolute Gasteiger partial charge is 0.0412 e. The van der Waals surface area contributed by atoms with Gasteiger partial charge in [0.25, 0.3) is 0 Å². The summed E-state index contributed by atoms with van der Waals surface area (Å²) in [6.07, 6.45) is 15.0. The van der Waals surface area contributed by atoms with Crippen molar-refractivity contribution in [3.05, 3.63) is 22.3 Å². The summed E-state index contributed by atoms with van der Waals surface area (Å²) in [5.41, 5.74) is 9.16. The highest BCUT2D eigenvalue weighted by Gasteiger charge is 2.20. The first-order chi connectivity index (χ1) is 13.7. The summed E-state index contributed by atoms with van der Waals surface area (Å²) < 4.78 is 0. The molecule has 162 valence electrons. The highest BCUT2D eigenvalue weighted by molar-refractivity contribution is 5.75. The molecule has 0 aliphatic rings. The fourth-order valence-corrected chi connectivity index (χ4v) is 4.49. The van der Waals surface area contributed by atoms with Gasteiger partial charge in [0.15, 0.2) is 0 Å². The van der Waals surface area contributed by atoms with E-state index in [9.17, 15) is 0 Å². The van der Waals surface area contributed by atoms with E-state index >= 15 is 0 Å². The van der Waals surface area contributed by atoms with Crippen LogP contribution in [0.15, 0.2) is 0 Å². The molecule has 2 N–H and O–H groups in total. The first kappa shape index (κ1) is 24.9. The van der Waals surface area contributed by atoms with Crippen molar-refractivity contribution in [2.24, 2.45) is 0 Å². The molecule has 1 aromatic rings. The molecule has 2 heteroatoms. The van der Waals surface area contributed by atoms with E-state index in [1.807, 2.05) is 0 Å². The fourth-order valence-electron chi connectivity index (χ4n) is 4.49. The Labute approximate surface area is 176 Å². The minimum atomic E-state index is 1.11. The number of hydrogen-bond donors (Lipinski definition) is 2. The van der Waals surface area contributed by atoms with E-state index in [4.69, 9.17) is 0 Å². The predicted octanol–water partition coefficient (Wildman–Crippen LogP) is 7.92. The van der Waals surface area contributed by atoms with E-state index in [2.05, 4.69) is 52.2 Å². The van der Waals surface area contributed by atoms with Crippen LogP contribution in [-0.4, -0.2) is 13.1 Å². The van der Waals surface area contributed by atoms with E-state index in [1.165, 1.54) is 62.7 Å². The van der Waals surface area contributed by atoms with Gasteiger partial charge < -0.3 is 10.6 Å². The summed E-state index contributed by atoms with van der Waals surface area (Å²) >= 11 is 0. The van der Waals surface area contributed by atoms with Gasteiger partial charge in [0.05, 0.1) is 0 Å². The van der Waals surface area contributed by atoms with Crippen LogP contribution in [0.1, 0.15) is 115 Å². The maximum absolute atomic E-state index is 3.88. The van der Waals surface area contributed by atoms with Crippen LogP contribution in [0.2, 0.25) is 0 Å². The lowest BCUT2D eigenvalue weighted by Crippen LogP contribution is -2.16. The van der Waals surface area contributed by atoms with E-state index in [1.54, 1.807) is 22.3 Å². The van der Waals surface area contributed by atoms with Crippen LogP contribution in [0, 0.1) is 0 Å². The Morgan fingerprint density at radius 3 is 1.00 bits per heavy atom. The number of hydrogen-bond acceptors (Lipinski definition) is 2. The van der Waals surface area contributed by atoms with Crippen LogP contribution in [-0.2, 0) is 25.7 Å². The van der Waals surface area contributed by atoms with Gasteiger partial charge in [0.1, 0.15) is 0 Å². The Kier molecular flexibility index (Phi) is 13.1. The zero-order valence-electron chi connectivity index (χ0n) is 19.9. The standard InChI is InChI=1S/C26H48N2/c1-7-13-15-17-19-27-25-21(9-3)23(11-5)26(24(12-6)22(25)10-4)28-20-18-16-14-8-2/h27-28H,7-20H2,1-6H3. The summed E-state index contributed by atoms with van der Waals surface area (Å²) in [7, 11) is 0. The van der Waals surface area contributed by atoms with Crippen molar-refractivity contribution >= 4 is 11.4 Å². The second-order valence-corrected chi connectivity index (χ2v) is 8.05. The van der Waals surface area contributed by atoms with Crippen molar-refractivity contribution in [1.82, 2.24) is 0 Å². The molecule has 0 aromatic heterocycles. The highest BCUT2D eigenvalue weighted by atomic mass is 14.9. The summed E-state index contributed by atoms with van der Waals surface area (Å²) in [6, 6.07) is 0. The second-order valence-electron chi connectivity index (χ2n) is 8.05. The molecule has 0 heterocycles. The first-order valence-corrected chi connectivity index (χ1v) is 12.4. The average Bonchev–Trinajstić information content (AvgIpc) is 2.72. The molecule has 0 spiro atoms. The van der Waals surface area contributed by atoms with E-state index in [0.29, 0.717) is 0 Å². The SMILES string of the molecule is CCCCCCNc1c(CC)c(CC)c(NCCCCCC)c(CC)c1CC. The van der Waals surface area contributed by atoms with Crippen LogP contribution in [0.25, 0.3) is 0 Å². The van der Waals surface area contributed by atoms with Gasteiger partial charge in [0.2, 0.25) is 0 Å². The van der Waals surface area contributed by atoms with Gasteiger partial charge in [-0.3, -0.25) is 0 Å². The lowest BCUT2D eigenvalue weighted by molar-refractivity contribution is 0.683. The summed E-state index contributed by atoms with van der Waals surface area (Å²) in [5, 5.41) is 7.75. The number of benzene rings is 1. The minimum Gasteiger partial charge on any atom is -0.385 e. The Balaban J connectivity index is 3.15. The monoisotopic (exact) mass is 388 g/mol. The maximum atomic E-state index is 3.88. The van der Waals surface area contributed by atoms with Crippen molar-refractivity contribution in [2.45, 2.75) is 119 Å². The highest BCUT2D eigenvalue weighted by Crippen LogP contribution is 2.38. The molecule has 0 aliphatic heterocycles. The molecule has 28 heavy (non-hydrogen) atoms. The molecule has 0 amide bonds. The largest absolute Gasteiger partial charge is 0.385 e. The van der Waals surface area contributed by atoms with Crippen molar-refractivity contribution < 1.29 is 0 Å². The van der Waals surface area contributed by atoms with Gasteiger partial charge in [-0.25, -0.2) is 0 Å². The van der Waals surface area contributed by atoms with Crippen LogP contribution >= 0.6 is 0 Å². The molecule has 0 radical (unpaired) electrons. The number of rotatable bonds is 16. The third-order valence-electron chi connectivity index (χ3n) is 6.01. The number of anilines is 2. The predicted molar refractivity (Wildman–Crippen MR) is 129 cm³/mol. The molecule has 1 aromatic carbocycles. The fraction of sp³-hybridized carbons (Fsp3) is 0.769. The average molecular weight is 389 g/mol. The molecule has 0 unspecified atom stereocenters. The minimum absolute atomic E-state index is 1.11. The van der Waals surface area contributed by atoms with Gasteiger partial charge in [-0.2, -0.15) is 0 Å². The number of nitrogens with one attached hydrogen (secondary N) is 2. The van der Waals surface area contributed by atoms with Crippen LogP contribution < -0.4 is 10.6 Å². The topological polar surface area (TPSA) is 24.1 Å². The summed E-state index contributed by atoms with van der Waals surface area (Å²) in [4.78, 5) is 0. The Bertz CT molecular complexity index is 466. The summed E-state index contributed by atoms with van der Waals surface area (Å²) in [5.74, 6) is 0. The molecule has 0 aliphatic carbocycles. The third-order valence-corrected chi connectivity index (χ3v) is 6.01. The van der Waals surface area contributed by atoms with Crippen molar-refractivity contribution in [3.63, 3.8) is 0 Å². The molecule has 0 fully saturated rings. The Morgan fingerprint density at radius 1 is 0.429 bits per heavy atom. The molecule has 0 saturated carbocycles. The van der Waals surface area contributed by atoms with Crippen LogP contribution in [0.4, 0.5) is 11.4 Å². The maximum Gasteiger partial charge on any atom is 0.0412 e. The molecular formula is C26H48N2. The van der Waals surface area contributed by atoms with Gasteiger partial charge in [-0.15, -0.1) is 0 Å². The zero-order chi connectivity index (χ0) is 20.8. The van der Waals surface area contributed by atoms with Gasteiger partial charge >= 0.3 is 0 Å². The molecule has 0 bridgehead atoms. The second kappa shape index (κ2) is 14.8. The Morgan fingerprint density at radius 2 is 0.750 bits per heavy atom. The lowest BCUT2D eigenvalue weighted by Gasteiger charge is -2.27. The quantitative estimate of drug-likeness (QED) is 0.281. The third kappa shape index (κ3) is 7.01. The van der Waals surface area contributed by atoms with Crippen LogP contribution in [0.3, 0.4) is 0 Å². The van der Waals surface area contributed by atoms with Gasteiger partial charge in [-0.1, -0.05) is 80.1 Å². The van der Waals surface area contributed by atoms with Crippen molar-refractivity contribution in [2.75, 3.05) is 23.7 Å². The molecular weight excluding hydrogens is 340 g/mol. The van der Waals surface area contributed by atoms with Crippen molar-refractivity contribution in [1.29, 1.82) is 0 Å².